The summed E-state index contributed by atoms with van der Waals surface area (Å²) >= 11 is 3.15. The molecule has 6 heteroatoms. The van der Waals surface area contributed by atoms with Crippen molar-refractivity contribution < 1.29 is 8.42 Å². The van der Waals surface area contributed by atoms with Crippen LogP contribution in [0.5, 0.6) is 0 Å². The van der Waals surface area contributed by atoms with Crippen LogP contribution in [0.25, 0.3) is 0 Å². The SMILES string of the molecule is C[C@@H]1C[C@H](C)CN([C@H]2CSC[C@@H]2S(=O)(=O)c2cccs2)C1. The molecule has 2 aliphatic rings. The van der Waals surface area contributed by atoms with Gasteiger partial charge < -0.3 is 0 Å². The molecule has 3 rings (SSSR count). The number of rotatable bonds is 3. The number of thiophene rings is 1. The van der Waals surface area contributed by atoms with E-state index in [2.05, 4.69) is 18.7 Å². The Bertz CT molecular complexity index is 560. The average Bonchev–Trinajstić information content (AvgIpc) is 3.10. The molecule has 2 saturated heterocycles. The number of piperidine rings is 1. The number of sulfone groups is 1. The van der Waals surface area contributed by atoms with E-state index in [0.29, 0.717) is 16.0 Å². The Balaban J connectivity index is 1.83. The van der Waals surface area contributed by atoms with Crippen molar-refractivity contribution in [2.24, 2.45) is 11.8 Å². The lowest BCUT2D eigenvalue weighted by molar-refractivity contribution is 0.107. The van der Waals surface area contributed by atoms with E-state index in [1.165, 1.54) is 17.8 Å². The third-order valence-corrected chi connectivity index (χ3v) is 9.55. The summed E-state index contributed by atoms with van der Waals surface area (Å²) in [4.78, 5) is 2.45. The molecule has 0 radical (unpaired) electrons. The standard InChI is InChI=1S/C15H23NO2S3/c1-11-6-12(2)8-16(7-11)13-9-19-10-14(13)21(17,18)15-4-3-5-20-15/h3-5,11-14H,6-10H2,1-2H3/t11-,12+,13-,14-/m0/s1. The first-order chi connectivity index (χ1) is 9.98. The Morgan fingerprint density at radius 2 is 1.90 bits per heavy atom. The molecule has 21 heavy (non-hydrogen) atoms. The summed E-state index contributed by atoms with van der Waals surface area (Å²) in [6.07, 6.45) is 1.26. The van der Waals surface area contributed by atoms with Crippen molar-refractivity contribution in [3.8, 4) is 0 Å². The highest BCUT2D eigenvalue weighted by Crippen LogP contribution is 2.35. The Labute approximate surface area is 136 Å². The monoisotopic (exact) mass is 345 g/mol. The lowest BCUT2D eigenvalue weighted by Crippen LogP contribution is -2.51. The van der Waals surface area contributed by atoms with Gasteiger partial charge in [-0.15, -0.1) is 11.3 Å². The maximum atomic E-state index is 12.9. The average molecular weight is 346 g/mol. The predicted octanol–water partition coefficient (Wildman–Crippen LogP) is 2.98. The molecule has 0 amide bonds. The molecule has 118 valence electrons. The van der Waals surface area contributed by atoms with E-state index in [1.54, 1.807) is 17.8 Å². The normalized spacial score (nSPS) is 35.1. The van der Waals surface area contributed by atoms with Crippen molar-refractivity contribution in [3.63, 3.8) is 0 Å². The summed E-state index contributed by atoms with van der Waals surface area (Å²) in [5, 5.41) is 1.62. The highest BCUT2D eigenvalue weighted by molar-refractivity contribution is 8.02. The van der Waals surface area contributed by atoms with Crippen molar-refractivity contribution in [3.05, 3.63) is 17.5 Å². The number of hydrogen-bond donors (Lipinski definition) is 0. The summed E-state index contributed by atoms with van der Waals surface area (Å²) in [6, 6.07) is 3.77. The smallest absolute Gasteiger partial charge is 0.192 e. The van der Waals surface area contributed by atoms with Crippen LogP contribution in [0.1, 0.15) is 20.3 Å². The van der Waals surface area contributed by atoms with E-state index in [4.69, 9.17) is 0 Å². The van der Waals surface area contributed by atoms with Gasteiger partial charge in [-0.1, -0.05) is 19.9 Å². The maximum absolute atomic E-state index is 12.9. The van der Waals surface area contributed by atoms with Crippen LogP contribution in [0, 0.1) is 11.8 Å². The van der Waals surface area contributed by atoms with Crippen molar-refractivity contribution in [2.45, 2.75) is 35.8 Å². The molecule has 0 unspecified atom stereocenters. The molecule has 0 spiro atoms. The second-order valence-corrected chi connectivity index (χ2v) is 10.9. The zero-order valence-electron chi connectivity index (χ0n) is 12.6. The highest BCUT2D eigenvalue weighted by atomic mass is 32.2. The van der Waals surface area contributed by atoms with E-state index < -0.39 is 9.84 Å². The van der Waals surface area contributed by atoms with E-state index in [-0.39, 0.29) is 11.3 Å². The van der Waals surface area contributed by atoms with Crippen LogP contribution in [0.4, 0.5) is 0 Å². The molecule has 0 bridgehead atoms. The Hall–Kier alpha value is -0.0400. The van der Waals surface area contributed by atoms with Crippen molar-refractivity contribution in [1.29, 1.82) is 0 Å². The molecule has 0 N–H and O–H groups in total. The van der Waals surface area contributed by atoms with E-state index in [9.17, 15) is 8.42 Å². The quantitative estimate of drug-likeness (QED) is 0.844. The Morgan fingerprint density at radius 1 is 1.19 bits per heavy atom. The summed E-state index contributed by atoms with van der Waals surface area (Å²) in [7, 11) is -3.17. The van der Waals surface area contributed by atoms with Crippen molar-refractivity contribution in [1.82, 2.24) is 4.90 Å². The molecule has 2 fully saturated rings. The largest absolute Gasteiger partial charge is 0.298 e. The molecule has 3 nitrogen and oxygen atoms in total. The van der Waals surface area contributed by atoms with Gasteiger partial charge in [0.25, 0.3) is 0 Å². The molecule has 1 aromatic heterocycles. The van der Waals surface area contributed by atoms with Gasteiger partial charge in [-0.25, -0.2) is 8.42 Å². The Kier molecular flexibility index (Phi) is 4.69. The van der Waals surface area contributed by atoms with Gasteiger partial charge in [-0.3, -0.25) is 4.90 Å². The lowest BCUT2D eigenvalue weighted by Gasteiger charge is -2.40. The fourth-order valence-corrected chi connectivity index (χ4v) is 8.89. The zero-order chi connectivity index (χ0) is 15.0. The summed E-state index contributed by atoms with van der Waals surface area (Å²) in [5.74, 6) is 3.03. The van der Waals surface area contributed by atoms with Gasteiger partial charge in [-0.05, 0) is 29.7 Å². The van der Waals surface area contributed by atoms with E-state index >= 15 is 0 Å². The van der Waals surface area contributed by atoms with Gasteiger partial charge in [-0.2, -0.15) is 11.8 Å². The molecule has 3 heterocycles. The van der Waals surface area contributed by atoms with Gasteiger partial charge in [0.05, 0.1) is 5.25 Å². The van der Waals surface area contributed by atoms with Gasteiger partial charge in [0.15, 0.2) is 9.84 Å². The van der Waals surface area contributed by atoms with Gasteiger partial charge in [0.2, 0.25) is 0 Å². The maximum Gasteiger partial charge on any atom is 0.192 e. The van der Waals surface area contributed by atoms with Crippen LogP contribution in [-0.4, -0.2) is 49.2 Å². The molecule has 1 aromatic rings. The minimum absolute atomic E-state index is 0.187. The molecule has 0 aromatic carbocycles. The molecule has 0 saturated carbocycles. The fraction of sp³-hybridized carbons (Fsp3) is 0.733. The first kappa shape index (κ1) is 15.8. The van der Waals surface area contributed by atoms with Gasteiger partial charge in [0.1, 0.15) is 4.21 Å². The summed E-state index contributed by atoms with van der Waals surface area (Å²) in [6.45, 7) is 6.67. The second-order valence-electron chi connectivity index (χ2n) is 6.52. The number of likely N-dealkylation sites (tertiary alicyclic amines) is 1. The second kappa shape index (κ2) is 6.22. The first-order valence-corrected chi connectivity index (χ1v) is 11.2. The minimum atomic E-state index is -3.17. The van der Waals surface area contributed by atoms with Crippen LogP contribution in [-0.2, 0) is 9.84 Å². The summed E-state index contributed by atoms with van der Waals surface area (Å²) in [5.41, 5.74) is 0. The summed E-state index contributed by atoms with van der Waals surface area (Å²) < 4.78 is 26.3. The number of thioether (sulfide) groups is 1. The van der Waals surface area contributed by atoms with Crippen LogP contribution in [0.2, 0.25) is 0 Å². The van der Waals surface area contributed by atoms with Crippen molar-refractivity contribution in [2.75, 3.05) is 24.6 Å². The third-order valence-electron chi connectivity index (χ3n) is 4.54. The molecular weight excluding hydrogens is 322 g/mol. The van der Waals surface area contributed by atoms with Gasteiger partial charge >= 0.3 is 0 Å². The minimum Gasteiger partial charge on any atom is -0.298 e. The number of hydrogen-bond acceptors (Lipinski definition) is 5. The van der Waals surface area contributed by atoms with Crippen LogP contribution in [0.15, 0.2) is 21.7 Å². The first-order valence-electron chi connectivity index (χ1n) is 7.57. The molecule has 2 aliphatic heterocycles. The molecule has 4 atom stereocenters. The fourth-order valence-electron chi connectivity index (χ4n) is 3.72. The Morgan fingerprint density at radius 3 is 2.52 bits per heavy atom. The lowest BCUT2D eigenvalue weighted by atomic mass is 9.91. The van der Waals surface area contributed by atoms with E-state index in [1.807, 2.05) is 11.4 Å². The van der Waals surface area contributed by atoms with Crippen LogP contribution in [0.3, 0.4) is 0 Å². The molecular formula is C15H23NO2S3. The zero-order valence-corrected chi connectivity index (χ0v) is 15.0. The topological polar surface area (TPSA) is 37.4 Å². The highest BCUT2D eigenvalue weighted by Gasteiger charge is 2.43. The van der Waals surface area contributed by atoms with E-state index in [0.717, 1.165) is 24.6 Å². The van der Waals surface area contributed by atoms with Crippen LogP contribution >= 0.6 is 23.1 Å². The molecule has 0 aliphatic carbocycles. The predicted molar refractivity (Wildman–Crippen MR) is 90.9 cm³/mol. The third kappa shape index (κ3) is 3.19. The van der Waals surface area contributed by atoms with Gasteiger partial charge in [0, 0.05) is 30.6 Å². The van der Waals surface area contributed by atoms with Crippen LogP contribution < -0.4 is 0 Å². The number of nitrogens with zero attached hydrogens (tertiary/aromatic N) is 1. The van der Waals surface area contributed by atoms with Crippen molar-refractivity contribution >= 4 is 32.9 Å².